The molecular formula is C18H31NO. The van der Waals surface area contributed by atoms with E-state index >= 15 is 0 Å². The maximum absolute atomic E-state index is 5.61. The minimum absolute atomic E-state index is 0.464. The fraction of sp³-hybridized carbons (Fsp3) is 0.667. The molecule has 1 unspecified atom stereocenters. The third-order valence-corrected chi connectivity index (χ3v) is 3.51. The van der Waals surface area contributed by atoms with Crippen molar-refractivity contribution in [3.8, 4) is 0 Å². The number of hydrogen-bond acceptors (Lipinski definition) is 2. The summed E-state index contributed by atoms with van der Waals surface area (Å²) in [4.78, 5) is 0. The van der Waals surface area contributed by atoms with Crippen molar-refractivity contribution in [1.29, 1.82) is 0 Å². The molecule has 0 amide bonds. The van der Waals surface area contributed by atoms with E-state index < -0.39 is 0 Å². The standard InChI is InChI=1S/C18H31NO/c1-5-16-8-10-17(11-9-16)18(6-2)19-12-7-13-20-14-15(3)4/h8-11,15,18-19H,5-7,12-14H2,1-4H3. The van der Waals surface area contributed by atoms with Gasteiger partial charge >= 0.3 is 0 Å². The lowest BCUT2D eigenvalue weighted by Gasteiger charge is -2.18. The fourth-order valence-corrected chi connectivity index (χ4v) is 2.25. The van der Waals surface area contributed by atoms with E-state index in [1.165, 1.54) is 11.1 Å². The number of ether oxygens (including phenoxy) is 1. The molecule has 1 rings (SSSR count). The van der Waals surface area contributed by atoms with E-state index in [1.54, 1.807) is 0 Å². The number of hydrogen-bond donors (Lipinski definition) is 1. The van der Waals surface area contributed by atoms with Crippen molar-refractivity contribution in [3.63, 3.8) is 0 Å². The molecule has 0 aliphatic carbocycles. The van der Waals surface area contributed by atoms with Gasteiger partial charge in [-0.15, -0.1) is 0 Å². The molecule has 0 saturated carbocycles. The average Bonchev–Trinajstić information content (AvgIpc) is 2.46. The number of benzene rings is 1. The number of rotatable bonds is 10. The van der Waals surface area contributed by atoms with E-state index in [0.29, 0.717) is 12.0 Å². The van der Waals surface area contributed by atoms with Gasteiger partial charge in [0.15, 0.2) is 0 Å². The maximum Gasteiger partial charge on any atom is 0.0489 e. The molecule has 0 aliphatic rings. The zero-order valence-electron chi connectivity index (χ0n) is 13.6. The molecule has 0 spiro atoms. The summed E-state index contributed by atoms with van der Waals surface area (Å²) in [5.74, 6) is 0.628. The molecule has 1 atom stereocenters. The Morgan fingerprint density at radius 3 is 2.35 bits per heavy atom. The second kappa shape index (κ2) is 9.95. The summed E-state index contributed by atoms with van der Waals surface area (Å²) in [5, 5.41) is 3.63. The van der Waals surface area contributed by atoms with Gasteiger partial charge in [0.25, 0.3) is 0 Å². The molecule has 20 heavy (non-hydrogen) atoms. The van der Waals surface area contributed by atoms with Gasteiger partial charge in [-0.05, 0) is 42.9 Å². The molecule has 2 heteroatoms. The molecule has 0 heterocycles. The molecule has 1 aromatic rings. The van der Waals surface area contributed by atoms with Crippen LogP contribution in [-0.4, -0.2) is 19.8 Å². The monoisotopic (exact) mass is 277 g/mol. The molecular weight excluding hydrogens is 246 g/mol. The minimum Gasteiger partial charge on any atom is -0.381 e. The van der Waals surface area contributed by atoms with Crippen LogP contribution in [-0.2, 0) is 11.2 Å². The molecule has 0 radical (unpaired) electrons. The summed E-state index contributed by atoms with van der Waals surface area (Å²) in [7, 11) is 0. The van der Waals surface area contributed by atoms with Crippen LogP contribution < -0.4 is 5.32 Å². The van der Waals surface area contributed by atoms with Crippen LogP contribution in [0.4, 0.5) is 0 Å². The SMILES string of the molecule is CCc1ccc(C(CC)NCCCOCC(C)C)cc1. The van der Waals surface area contributed by atoms with E-state index in [-0.39, 0.29) is 0 Å². The first-order chi connectivity index (χ1) is 9.67. The summed E-state index contributed by atoms with van der Waals surface area (Å²) in [6.07, 6.45) is 3.31. The Morgan fingerprint density at radius 1 is 1.10 bits per heavy atom. The molecule has 0 aromatic heterocycles. The summed E-state index contributed by atoms with van der Waals surface area (Å²) in [6, 6.07) is 9.47. The van der Waals surface area contributed by atoms with Gasteiger partial charge in [0.1, 0.15) is 0 Å². The van der Waals surface area contributed by atoms with Crippen molar-refractivity contribution in [3.05, 3.63) is 35.4 Å². The van der Waals surface area contributed by atoms with Crippen LogP contribution in [0.3, 0.4) is 0 Å². The Labute approximate surface area is 124 Å². The Kier molecular flexibility index (Phi) is 8.56. The third-order valence-electron chi connectivity index (χ3n) is 3.51. The summed E-state index contributed by atoms with van der Waals surface area (Å²) in [5.41, 5.74) is 2.80. The second-order valence-corrected chi connectivity index (χ2v) is 5.83. The number of aryl methyl sites for hydroxylation is 1. The van der Waals surface area contributed by atoms with Crippen LogP contribution >= 0.6 is 0 Å². The lowest BCUT2D eigenvalue weighted by molar-refractivity contribution is 0.107. The summed E-state index contributed by atoms with van der Waals surface area (Å²) < 4.78 is 5.61. The zero-order chi connectivity index (χ0) is 14.8. The van der Waals surface area contributed by atoms with Gasteiger partial charge in [-0.1, -0.05) is 52.0 Å². The van der Waals surface area contributed by atoms with Crippen molar-refractivity contribution in [2.75, 3.05) is 19.8 Å². The van der Waals surface area contributed by atoms with Crippen LogP contribution in [0.15, 0.2) is 24.3 Å². The molecule has 1 aromatic carbocycles. The number of nitrogens with one attached hydrogen (secondary N) is 1. The van der Waals surface area contributed by atoms with E-state index in [4.69, 9.17) is 4.74 Å². The largest absolute Gasteiger partial charge is 0.381 e. The van der Waals surface area contributed by atoms with Gasteiger partial charge in [0, 0.05) is 19.3 Å². The zero-order valence-corrected chi connectivity index (χ0v) is 13.6. The highest BCUT2D eigenvalue weighted by atomic mass is 16.5. The van der Waals surface area contributed by atoms with Crippen LogP contribution in [0.25, 0.3) is 0 Å². The minimum atomic E-state index is 0.464. The highest BCUT2D eigenvalue weighted by Gasteiger charge is 2.07. The van der Waals surface area contributed by atoms with Crippen LogP contribution in [0, 0.1) is 5.92 Å². The first kappa shape index (κ1) is 17.2. The molecule has 0 fully saturated rings. The Bertz CT molecular complexity index is 345. The van der Waals surface area contributed by atoms with E-state index in [1.807, 2.05) is 0 Å². The van der Waals surface area contributed by atoms with Crippen molar-refractivity contribution < 1.29 is 4.74 Å². The van der Waals surface area contributed by atoms with E-state index in [0.717, 1.165) is 39.0 Å². The van der Waals surface area contributed by atoms with Gasteiger partial charge in [-0.3, -0.25) is 0 Å². The van der Waals surface area contributed by atoms with Gasteiger partial charge < -0.3 is 10.1 Å². The normalized spacial score (nSPS) is 12.8. The summed E-state index contributed by atoms with van der Waals surface area (Å²) >= 11 is 0. The molecule has 2 nitrogen and oxygen atoms in total. The highest BCUT2D eigenvalue weighted by Crippen LogP contribution is 2.17. The van der Waals surface area contributed by atoms with Gasteiger partial charge in [0.2, 0.25) is 0 Å². The van der Waals surface area contributed by atoms with Gasteiger partial charge in [0.05, 0.1) is 0 Å². The van der Waals surface area contributed by atoms with Gasteiger partial charge in [-0.25, -0.2) is 0 Å². The first-order valence-electron chi connectivity index (χ1n) is 8.07. The molecule has 0 bridgehead atoms. The van der Waals surface area contributed by atoms with Crippen molar-refractivity contribution in [2.45, 2.75) is 53.0 Å². The summed E-state index contributed by atoms with van der Waals surface area (Å²) in [6.45, 7) is 11.6. The predicted octanol–water partition coefficient (Wildman–Crippen LogP) is 4.35. The Morgan fingerprint density at radius 2 is 1.80 bits per heavy atom. The molecule has 114 valence electrons. The van der Waals surface area contributed by atoms with Crippen LogP contribution in [0.1, 0.15) is 57.7 Å². The Hall–Kier alpha value is -0.860. The van der Waals surface area contributed by atoms with Gasteiger partial charge in [-0.2, -0.15) is 0 Å². The maximum atomic E-state index is 5.61. The van der Waals surface area contributed by atoms with E-state index in [2.05, 4.69) is 57.3 Å². The van der Waals surface area contributed by atoms with Crippen molar-refractivity contribution in [1.82, 2.24) is 5.32 Å². The first-order valence-corrected chi connectivity index (χ1v) is 8.07. The molecule has 0 saturated heterocycles. The quantitative estimate of drug-likeness (QED) is 0.642. The highest BCUT2D eigenvalue weighted by molar-refractivity contribution is 5.24. The topological polar surface area (TPSA) is 21.3 Å². The lowest BCUT2D eigenvalue weighted by atomic mass is 10.0. The van der Waals surface area contributed by atoms with E-state index in [9.17, 15) is 0 Å². The van der Waals surface area contributed by atoms with Crippen molar-refractivity contribution >= 4 is 0 Å². The average molecular weight is 277 g/mol. The lowest BCUT2D eigenvalue weighted by Crippen LogP contribution is -2.23. The Balaban J connectivity index is 2.28. The third kappa shape index (κ3) is 6.53. The molecule has 1 N–H and O–H groups in total. The predicted molar refractivity (Wildman–Crippen MR) is 87.1 cm³/mol. The molecule has 0 aliphatic heterocycles. The van der Waals surface area contributed by atoms with Crippen LogP contribution in [0.2, 0.25) is 0 Å². The van der Waals surface area contributed by atoms with Crippen molar-refractivity contribution in [2.24, 2.45) is 5.92 Å². The smallest absolute Gasteiger partial charge is 0.0489 e. The fourth-order valence-electron chi connectivity index (χ4n) is 2.25. The van der Waals surface area contributed by atoms with Crippen LogP contribution in [0.5, 0.6) is 0 Å². The second-order valence-electron chi connectivity index (χ2n) is 5.83.